The Morgan fingerprint density at radius 2 is 1.83 bits per heavy atom. The predicted octanol–water partition coefficient (Wildman–Crippen LogP) is 1.80. The van der Waals surface area contributed by atoms with Crippen LogP contribution in [-0.2, 0) is 4.79 Å². The molecule has 2 rings (SSSR count). The van der Waals surface area contributed by atoms with E-state index in [0.717, 1.165) is 50.1 Å². The summed E-state index contributed by atoms with van der Waals surface area (Å²) in [5.74, 6) is 2.85. The van der Waals surface area contributed by atoms with Crippen molar-refractivity contribution in [1.29, 1.82) is 0 Å². The fourth-order valence-corrected chi connectivity index (χ4v) is 2.71. The van der Waals surface area contributed by atoms with Crippen LogP contribution in [0.15, 0.2) is 6.07 Å². The van der Waals surface area contributed by atoms with Gasteiger partial charge in [-0.3, -0.25) is 9.69 Å². The smallest absolute Gasteiger partial charge is 0.234 e. The van der Waals surface area contributed by atoms with Crippen LogP contribution in [0.25, 0.3) is 0 Å². The molecule has 1 fully saturated rings. The predicted molar refractivity (Wildman–Crippen MR) is 97.4 cm³/mol. The largest absolute Gasteiger partial charge is 0.355 e. The van der Waals surface area contributed by atoms with E-state index in [9.17, 15) is 4.79 Å². The maximum atomic E-state index is 11.9. The lowest BCUT2D eigenvalue weighted by Crippen LogP contribution is -2.50. The van der Waals surface area contributed by atoms with Crippen LogP contribution in [-0.4, -0.2) is 60.0 Å². The molecule has 1 aromatic heterocycles. The van der Waals surface area contributed by atoms with Crippen molar-refractivity contribution in [3.05, 3.63) is 17.6 Å². The summed E-state index contributed by atoms with van der Waals surface area (Å²) in [5, 5.41) is 2.98. The molecule has 0 aliphatic carbocycles. The quantitative estimate of drug-likeness (QED) is 0.860. The van der Waals surface area contributed by atoms with Gasteiger partial charge < -0.3 is 10.2 Å². The second-order valence-electron chi connectivity index (χ2n) is 7.34. The number of nitrogens with zero attached hydrogens (tertiary/aromatic N) is 4. The van der Waals surface area contributed by atoms with Crippen molar-refractivity contribution in [2.24, 2.45) is 5.92 Å². The summed E-state index contributed by atoms with van der Waals surface area (Å²) in [6.45, 7) is 15.3. The number of carbonyl (C=O) groups excluding carboxylic acids is 1. The first-order valence-corrected chi connectivity index (χ1v) is 8.94. The molecular weight excluding hydrogens is 302 g/mol. The van der Waals surface area contributed by atoms with Crippen LogP contribution in [0.3, 0.4) is 0 Å². The third-order valence-corrected chi connectivity index (χ3v) is 4.15. The molecule has 0 radical (unpaired) electrons. The number of aromatic nitrogens is 2. The van der Waals surface area contributed by atoms with Gasteiger partial charge in [-0.15, -0.1) is 0 Å². The first kappa shape index (κ1) is 18.6. The molecule has 1 amide bonds. The first-order chi connectivity index (χ1) is 11.3. The Bertz CT molecular complexity index is 550. The Labute approximate surface area is 145 Å². The highest BCUT2D eigenvalue weighted by Gasteiger charge is 2.21. The standard InChI is InChI=1S/C18H31N5O/c1-13(2)11-19-17(24)12-22-6-8-23(9-7-22)16-10-15(5)20-18(21-16)14(3)4/h10,13-14H,6-9,11-12H2,1-5H3,(H,19,24). The molecule has 0 spiro atoms. The van der Waals surface area contributed by atoms with Crippen LogP contribution in [0, 0.1) is 12.8 Å². The molecule has 1 aliphatic heterocycles. The average Bonchev–Trinajstić information content (AvgIpc) is 2.53. The number of piperazine rings is 1. The van der Waals surface area contributed by atoms with Gasteiger partial charge in [-0.25, -0.2) is 9.97 Å². The van der Waals surface area contributed by atoms with Gasteiger partial charge in [-0.2, -0.15) is 0 Å². The number of anilines is 1. The second-order valence-corrected chi connectivity index (χ2v) is 7.34. The summed E-state index contributed by atoms with van der Waals surface area (Å²) < 4.78 is 0. The fourth-order valence-electron chi connectivity index (χ4n) is 2.71. The molecule has 1 aromatic rings. The van der Waals surface area contributed by atoms with Gasteiger partial charge in [0.25, 0.3) is 0 Å². The minimum Gasteiger partial charge on any atom is -0.355 e. The SMILES string of the molecule is Cc1cc(N2CCN(CC(=O)NCC(C)C)CC2)nc(C(C)C)n1. The van der Waals surface area contributed by atoms with Crippen LogP contribution >= 0.6 is 0 Å². The molecule has 0 saturated carbocycles. The van der Waals surface area contributed by atoms with Gasteiger partial charge in [0.05, 0.1) is 6.54 Å². The highest BCUT2D eigenvalue weighted by Crippen LogP contribution is 2.18. The Morgan fingerprint density at radius 3 is 2.42 bits per heavy atom. The molecule has 6 heteroatoms. The van der Waals surface area contributed by atoms with Crippen molar-refractivity contribution in [3.8, 4) is 0 Å². The highest BCUT2D eigenvalue weighted by molar-refractivity contribution is 5.78. The van der Waals surface area contributed by atoms with Gasteiger partial charge in [-0.05, 0) is 12.8 Å². The molecule has 2 heterocycles. The van der Waals surface area contributed by atoms with Crippen molar-refractivity contribution in [2.75, 3.05) is 44.2 Å². The number of rotatable bonds is 6. The zero-order chi connectivity index (χ0) is 17.7. The maximum Gasteiger partial charge on any atom is 0.234 e. The van der Waals surface area contributed by atoms with E-state index in [-0.39, 0.29) is 5.91 Å². The number of amides is 1. The number of hydrogen-bond acceptors (Lipinski definition) is 5. The van der Waals surface area contributed by atoms with Crippen LogP contribution in [0.5, 0.6) is 0 Å². The number of hydrogen-bond donors (Lipinski definition) is 1. The van der Waals surface area contributed by atoms with E-state index in [2.05, 4.69) is 53.9 Å². The summed E-state index contributed by atoms with van der Waals surface area (Å²) in [6.07, 6.45) is 0. The van der Waals surface area contributed by atoms with Crippen molar-refractivity contribution in [1.82, 2.24) is 20.2 Å². The molecule has 0 bridgehead atoms. The van der Waals surface area contributed by atoms with Gasteiger partial charge >= 0.3 is 0 Å². The van der Waals surface area contributed by atoms with Gasteiger partial charge in [-0.1, -0.05) is 27.7 Å². The van der Waals surface area contributed by atoms with E-state index in [4.69, 9.17) is 4.98 Å². The van der Waals surface area contributed by atoms with Crippen molar-refractivity contribution >= 4 is 11.7 Å². The highest BCUT2D eigenvalue weighted by atomic mass is 16.2. The summed E-state index contributed by atoms with van der Waals surface area (Å²) in [7, 11) is 0. The molecule has 1 aliphatic rings. The van der Waals surface area contributed by atoms with Gasteiger partial charge in [0.15, 0.2) is 0 Å². The van der Waals surface area contributed by atoms with Crippen molar-refractivity contribution < 1.29 is 4.79 Å². The molecule has 1 N–H and O–H groups in total. The Morgan fingerprint density at radius 1 is 1.17 bits per heavy atom. The minimum atomic E-state index is 0.122. The summed E-state index contributed by atoms with van der Waals surface area (Å²) in [6, 6.07) is 2.05. The van der Waals surface area contributed by atoms with Crippen molar-refractivity contribution in [3.63, 3.8) is 0 Å². The molecule has 0 atom stereocenters. The molecule has 24 heavy (non-hydrogen) atoms. The van der Waals surface area contributed by atoms with Gasteiger partial charge in [0.2, 0.25) is 5.91 Å². The van der Waals surface area contributed by atoms with E-state index in [1.165, 1.54) is 0 Å². The van der Waals surface area contributed by atoms with E-state index in [1.54, 1.807) is 0 Å². The normalized spacial score (nSPS) is 16.0. The molecule has 134 valence electrons. The topological polar surface area (TPSA) is 61.4 Å². The van der Waals surface area contributed by atoms with E-state index in [1.807, 2.05) is 6.92 Å². The average molecular weight is 333 g/mol. The molecule has 0 unspecified atom stereocenters. The van der Waals surface area contributed by atoms with Gasteiger partial charge in [0, 0.05) is 50.4 Å². The lowest BCUT2D eigenvalue weighted by molar-refractivity contribution is -0.122. The van der Waals surface area contributed by atoms with E-state index >= 15 is 0 Å². The van der Waals surface area contributed by atoms with E-state index in [0.29, 0.717) is 18.4 Å². The van der Waals surface area contributed by atoms with E-state index < -0.39 is 0 Å². The summed E-state index contributed by atoms with van der Waals surface area (Å²) >= 11 is 0. The number of carbonyl (C=O) groups is 1. The molecule has 6 nitrogen and oxygen atoms in total. The summed E-state index contributed by atoms with van der Waals surface area (Å²) in [4.78, 5) is 25.7. The fraction of sp³-hybridized carbons (Fsp3) is 0.722. The third kappa shape index (κ3) is 5.44. The van der Waals surface area contributed by atoms with Crippen molar-refractivity contribution in [2.45, 2.75) is 40.5 Å². The third-order valence-electron chi connectivity index (χ3n) is 4.15. The Kier molecular flexibility index (Phi) is 6.54. The Balaban J connectivity index is 1.87. The van der Waals surface area contributed by atoms with Crippen LogP contribution in [0.1, 0.15) is 45.1 Å². The van der Waals surface area contributed by atoms with Crippen LogP contribution in [0.2, 0.25) is 0 Å². The second kappa shape index (κ2) is 8.42. The van der Waals surface area contributed by atoms with Gasteiger partial charge in [0.1, 0.15) is 11.6 Å². The monoisotopic (exact) mass is 333 g/mol. The molecule has 1 saturated heterocycles. The van der Waals surface area contributed by atoms with Crippen LogP contribution < -0.4 is 10.2 Å². The lowest BCUT2D eigenvalue weighted by atomic mass is 10.2. The first-order valence-electron chi connectivity index (χ1n) is 8.94. The molecule has 0 aromatic carbocycles. The Hall–Kier alpha value is -1.69. The van der Waals surface area contributed by atoms with Crippen LogP contribution in [0.4, 0.5) is 5.82 Å². The zero-order valence-electron chi connectivity index (χ0n) is 15.7. The lowest BCUT2D eigenvalue weighted by Gasteiger charge is -2.35. The maximum absolute atomic E-state index is 11.9. The summed E-state index contributed by atoms with van der Waals surface area (Å²) in [5.41, 5.74) is 1.01. The number of aryl methyl sites for hydroxylation is 1. The zero-order valence-corrected chi connectivity index (χ0v) is 15.7. The molecular formula is C18H31N5O. The minimum absolute atomic E-state index is 0.122. The number of nitrogens with one attached hydrogen (secondary N) is 1.